The van der Waals surface area contributed by atoms with Gasteiger partial charge in [0.1, 0.15) is 0 Å². The number of fused-ring (bicyclic) bond motifs is 9. The Kier molecular flexibility index (Phi) is 5.05. The second-order valence-electron chi connectivity index (χ2n) is 12.6. The number of rotatable bonds is 2. The van der Waals surface area contributed by atoms with Gasteiger partial charge in [-0.15, -0.1) is 0 Å². The topological polar surface area (TPSA) is 0 Å². The van der Waals surface area contributed by atoms with Crippen molar-refractivity contribution in [3.8, 4) is 33.4 Å². The van der Waals surface area contributed by atoms with E-state index < -0.39 is 0 Å². The molecular formula is C43H30. The molecule has 0 spiro atoms. The Bertz CT molecular complexity index is 2420. The van der Waals surface area contributed by atoms with Crippen molar-refractivity contribution >= 4 is 43.1 Å². The van der Waals surface area contributed by atoms with Gasteiger partial charge in [0.2, 0.25) is 0 Å². The summed E-state index contributed by atoms with van der Waals surface area (Å²) < 4.78 is 0. The average molecular weight is 547 g/mol. The van der Waals surface area contributed by atoms with Gasteiger partial charge in [-0.25, -0.2) is 0 Å². The van der Waals surface area contributed by atoms with Crippen molar-refractivity contribution in [2.45, 2.75) is 19.3 Å². The van der Waals surface area contributed by atoms with Crippen molar-refractivity contribution in [2.75, 3.05) is 0 Å². The molecule has 0 N–H and O–H groups in total. The molecule has 0 nitrogen and oxygen atoms in total. The van der Waals surface area contributed by atoms with Crippen LogP contribution in [0, 0.1) is 0 Å². The second kappa shape index (κ2) is 8.90. The summed E-state index contributed by atoms with van der Waals surface area (Å²) in [4.78, 5) is 0. The summed E-state index contributed by atoms with van der Waals surface area (Å²) in [7, 11) is 0. The quantitative estimate of drug-likeness (QED) is 0.189. The molecule has 43 heavy (non-hydrogen) atoms. The minimum atomic E-state index is -0.00554. The van der Waals surface area contributed by atoms with Gasteiger partial charge in [0.15, 0.2) is 0 Å². The van der Waals surface area contributed by atoms with Gasteiger partial charge in [0, 0.05) is 5.41 Å². The third-order valence-corrected chi connectivity index (χ3v) is 9.82. The van der Waals surface area contributed by atoms with Crippen LogP contribution < -0.4 is 0 Å². The summed E-state index contributed by atoms with van der Waals surface area (Å²) in [6.07, 6.45) is 0. The highest BCUT2D eigenvalue weighted by atomic mass is 14.4. The van der Waals surface area contributed by atoms with Crippen molar-refractivity contribution in [2.24, 2.45) is 0 Å². The highest BCUT2D eigenvalue weighted by molar-refractivity contribution is 6.23. The molecule has 9 rings (SSSR count). The van der Waals surface area contributed by atoms with E-state index in [2.05, 4.69) is 159 Å². The molecular weight excluding hydrogens is 516 g/mol. The molecule has 0 bridgehead atoms. The zero-order chi connectivity index (χ0) is 28.7. The van der Waals surface area contributed by atoms with Crippen molar-refractivity contribution < 1.29 is 0 Å². The van der Waals surface area contributed by atoms with Crippen LogP contribution in [0.25, 0.3) is 76.5 Å². The average Bonchev–Trinajstić information content (AvgIpc) is 3.29. The zero-order valence-corrected chi connectivity index (χ0v) is 24.4. The van der Waals surface area contributed by atoms with Gasteiger partial charge in [-0.1, -0.05) is 135 Å². The molecule has 1 aliphatic carbocycles. The van der Waals surface area contributed by atoms with E-state index in [9.17, 15) is 0 Å². The van der Waals surface area contributed by atoms with Gasteiger partial charge in [-0.05, 0) is 112 Å². The number of benzene rings is 8. The first-order valence-corrected chi connectivity index (χ1v) is 15.2. The molecule has 0 aliphatic heterocycles. The molecule has 202 valence electrons. The van der Waals surface area contributed by atoms with E-state index in [1.54, 1.807) is 0 Å². The fourth-order valence-electron chi connectivity index (χ4n) is 7.60. The fraction of sp³-hybridized carbons (Fsp3) is 0.0698. The normalized spacial score (nSPS) is 13.5. The minimum Gasteiger partial charge on any atom is -0.0619 e. The van der Waals surface area contributed by atoms with Gasteiger partial charge >= 0.3 is 0 Å². The Balaban J connectivity index is 1.20. The van der Waals surface area contributed by atoms with Crippen LogP contribution in [0.5, 0.6) is 0 Å². The summed E-state index contributed by atoms with van der Waals surface area (Å²) in [5.74, 6) is 0. The standard InChI is InChI=1S/C43H30/c1-43(2)40-14-8-7-12-36(40)37-22-21-30(26-41(37)43)29-18-15-27-16-19-31(24-33(27)23-29)39-25-32-20-17-28-9-3-4-10-34(28)42(32)38-13-6-5-11-35(38)39/h3-26H,1-2H3. The lowest BCUT2D eigenvalue weighted by Crippen LogP contribution is -2.14. The van der Waals surface area contributed by atoms with Gasteiger partial charge in [-0.2, -0.15) is 0 Å². The molecule has 0 saturated carbocycles. The van der Waals surface area contributed by atoms with Crippen LogP contribution in [0.4, 0.5) is 0 Å². The molecule has 0 unspecified atom stereocenters. The van der Waals surface area contributed by atoms with Crippen LogP contribution in [0.2, 0.25) is 0 Å². The Labute approximate surface area is 251 Å². The molecule has 0 heteroatoms. The van der Waals surface area contributed by atoms with Crippen LogP contribution in [0.15, 0.2) is 146 Å². The molecule has 0 aromatic heterocycles. The van der Waals surface area contributed by atoms with Crippen LogP contribution in [0.3, 0.4) is 0 Å². The summed E-state index contributed by atoms with van der Waals surface area (Å²) in [5, 5.41) is 10.3. The van der Waals surface area contributed by atoms with E-state index in [1.807, 2.05) is 0 Å². The first-order chi connectivity index (χ1) is 21.1. The third kappa shape index (κ3) is 3.57. The smallest absolute Gasteiger partial charge is 0.0159 e. The minimum absolute atomic E-state index is 0.00554. The van der Waals surface area contributed by atoms with E-state index in [4.69, 9.17) is 0 Å². The second-order valence-corrected chi connectivity index (χ2v) is 12.6. The first-order valence-electron chi connectivity index (χ1n) is 15.2. The molecule has 0 amide bonds. The lowest BCUT2D eigenvalue weighted by atomic mass is 9.81. The maximum Gasteiger partial charge on any atom is 0.0159 e. The van der Waals surface area contributed by atoms with Crippen LogP contribution in [0.1, 0.15) is 25.0 Å². The Morgan fingerprint density at radius 1 is 0.349 bits per heavy atom. The zero-order valence-electron chi connectivity index (χ0n) is 24.4. The van der Waals surface area contributed by atoms with Crippen LogP contribution >= 0.6 is 0 Å². The monoisotopic (exact) mass is 546 g/mol. The van der Waals surface area contributed by atoms with Crippen molar-refractivity contribution in [3.05, 3.63) is 157 Å². The summed E-state index contributed by atoms with van der Waals surface area (Å²) in [6.45, 7) is 4.70. The Morgan fingerprint density at radius 3 is 1.84 bits per heavy atom. The molecule has 1 aliphatic rings. The van der Waals surface area contributed by atoms with Crippen molar-refractivity contribution in [1.82, 2.24) is 0 Å². The van der Waals surface area contributed by atoms with Gasteiger partial charge in [-0.3, -0.25) is 0 Å². The SMILES string of the molecule is CC1(C)c2ccccc2-c2ccc(-c3ccc4ccc(-c5cc6ccc7ccccc7c6c6ccccc56)cc4c3)cc21. The van der Waals surface area contributed by atoms with Crippen molar-refractivity contribution in [1.29, 1.82) is 0 Å². The van der Waals surface area contributed by atoms with E-state index in [-0.39, 0.29) is 5.41 Å². The lowest BCUT2D eigenvalue weighted by Gasteiger charge is -2.22. The highest BCUT2D eigenvalue weighted by Crippen LogP contribution is 2.49. The predicted octanol–water partition coefficient (Wildman–Crippen LogP) is 11.9. The van der Waals surface area contributed by atoms with Crippen LogP contribution in [-0.2, 0) is 5.41 Å². The lowest BCUT2D eigenvalue weighted by molar-refractivity contribution is 0.660. The van der Waals surface area contributed by atoms with Crippen molar-refractivity contribution in [3.63, 3.8) is 0 Å². The molecule has 0 fully saturated rings. The predicted molar refractivity (Wildman–Crippen MR) is 185 cm³/mol. The third-order valence-electron chi connectivity index (χ3n) is 9.82. The van der Waals surface area contributed by atoms with Gasteiger partial charge < -0.3 is 0 Å². The maximum absolute atomic E-state index is 2.42. The number of hydrogen-bond donors (Lipinski definition) is 0. The summed E-state index contributed by atoms with van der Waals surface area (Å²) >= 11 is 0. The van der Waals surface area contributed by atoms with Gasteiger partial charge in [0.05, 0.1) is 0 Å². The highest BCUT2D eigenvalue weighted by Gasteiger charge is 2.35. The molecule has 0 radical (unpaired) electrons. The van der Waals surface area contributed by atoms with Crippen LogP contribution in [-0.4, -0.2) is 0 Å². The Hall–Kier alpha value is -5.20. The first kappa shape index (κ1) is 24.4. The fourth-order valence-corrected chi connectivity index (χ4v) is 7.60. The molecule has 0 atom stereocenters. The summed E-state index contributed by atoms with van der Waals surface area (Å²) in [5.41, 5.74) is 10.6. The van der Waals surface area contributed by atoms with E-state index in [0.717, 1.165) is 0 Å². The summed E-state index contributed by atoms with van der Waals surface area (Å²) in [6, 6.07) is 54.3. The number of hydrogen-bond acceptors (Lipinski definition) is 0. The largest absolute Gasteiger partial charge is 0.0619 e. The van der Waals surface area contributed by atoms with Gasteiger partial charge in [0.25, 0.3) is 0 Å². The molecule has 0 heterocycles. The Morgan fingerprint density at radius 2 is 0.953 bits per heavy atom. The molecule has 8 aromatic rings. The van der Waals surface area contributed by atoms with E-state index >= 15 is 0 Å². The van der Waals surface area contributed by atoms with E-state index in [1.165, 1.54) is 87.6 Å². The maximum atomic E-state index is 2.42. The molecule has 8 aromatic carbocycles. The van der Waals surface area contributed by atoms with E-state index in [0.29, 0.717) is 0 Å². The molecule has 0 saturated heterocycles.